The van der Waals surface area contributed by atoms with Crippen LogP contribution in [0.1, 0.15) is 43.7 Å². The van der Waals surface area contributed by atoms with E-state index in [-0.39, 0.29) is 17.6 Å². The maximum atomic E-state index is 13.3. The van der Waals surface area contributed by atoms with Crippen LogP contribution in [0.25, 0.3) is 11.0 Å². The number of likely N-dealkylation sites (N-methyl/N-ethyl adjacent to an activating group) is 1. The third-order valence-corrected chi connectivity index (χ3v) is 7.82. The van der Waals surface area contributed by atoms with Gasteiger partial charge in [-0.15, -0.1) is 0 Å². The first-order valence-electron chi connectivity index (χ1n) is 12.0. The number of rotatable bonds is 4. The first-order chi connectivity index (χ1) is 16.4. The summed E-state index contributed by atoms with van der Waals surface area (Å²) < 4.78 is 1.93. The van der Waals surface area contributed by atoms with Crippen LogP contribution in [-0.2, 0) is 10.2 Å². The second-order valence-corrected chi connectivity index (χ2v) is 10.2. The number of allylic oxidation sites excluding steroid dienone is 2. The number of benzene rings is 2. The second kappa shape index (κ2) is 8.99. The Morgan fingerprint density at radius 2 is 1.79 bits per heavy atom. The maximum Gasteiger partial charge on any atom is 0.326 e. The standard InChI is InChI=1S/C27H31ClN4O2/c1-30(2)25(33)27(19-7-9-20(28)10-8-19)15-11-21(12-16-27)31-17-13-22(14-18-31)32-24-6-4-3-5-23(24)29-26(32)34/h3-11,22H,12-18H2,1-2H3,(H,29,34). The molecule has 2 heterocycles. The number of piperidine rings is 1. The smallest absolute Gasteiger partial charge is 0.326 e. The van der Waals surface area contributed by atoms with Crippen molar-refractivity contribution in [3.05, 3.63) is 81.4 Å². The average Bonchev–Trinajstić information content (AvgIpc) is 3.20. The van der Waals surface area contributed by atoms with Crippen molar-refractivity contribution in [2.75, 3.05) is 27.2 Å². The van der Waals surface area contributed by atoms with E-state index in [0.717, 1.165) is 55.4 Å². The van der Waals surface area contributed by atoms with Crippen LogP contribution in [0, 0.1) is 0 Å². The van der Waals surface area contributed by atoms with Crippen molar-refractivity contribution in [2.24, 2.45) is 0 Å². The summed E-state index contributed by atoms with van der Waals surface area (Å²) in [7, 11) is 3.66. The summed E-state index contributed by atoms with van der Waals surface area (Å²) in [5.74, 6) is 0.141. The van der Waals surface area contributed by atoms with E-state index in [0.29, 0.717) is 11.4 Å². The van der Waals surface area contributed by atoms with Gasteiger partial charge in [-0.05, 0) is 61.9 Å². The Kier molecular flexibility index (Phi) is 6.02. The normalized spacial score (nSPS) is 21.5. The molecule has 6 nitrogen and oxygen atoms in total. The molecule has 1 fully saturated rings. The van der Waals surface area contributed by atoms with E-state index < -0.39 is 5.41 Å². The number of aromatic nitrogens is 2. The fraction of sp³-hybridized carbons (Fsp3) is 0.407. The predicted octanol–water partition coefficient (Wildman–Crippen LogP) is 4.71. The summed E-state index contributed by atoms with van der Waals surface area (Å²) >= 11 is 6.12. The van der Waals surface area contributed by atoms with Crippen LogP contribution in [-0.4, -0.2) is 52.4 Å². The Morgan fingerprint density at radius 3 is 2.44 bits per heavy atom. The predicted molar refractivity (Wildman–Crippen MR) is 136 cm³/mol. The molecule has 1 aliphatic carbocycles. The zero-order valence-electron chi connectivity index (χ0n) is 19.8. The number of imidazole rings is 1. The lowest BCUT2D eigenvalue weighted by atomic mass is 9.70. The van der Waals surface area contributed by atoms with Gasteiger partial charge in [-0.25, -0.2) is 4.79 Å². The quantitative estimate of drug-likeness (QED) is 0.590. The van der Waals surface area contributed by atoms with Crippen LogP contribution in [0.3, 0.4) is 0 Å². The third kappa shape index (κ3) is 3.94. The highest BCUT2D eigenvalue weighted by molar-refractivity contribution is 6.30. The van der Waals surface area contributed by atoms with E-state index >= 15 is 0 Å². The largest absolute Gasteiger partial charge is 0.375 e. The molecule has 5 rings (SSSR count). The molecule has 7 heteroatoms. The van der Waals surface area contributed by atoms with Crippen molar-refractivity contribution in [3.63, 3.8) is 0 Å². The number of likely N-dealkylation sites (tertiary alicyclic amines) is 1. The fourth-order valence-corrected chi connectivity index (χ4v) is 5.88. The number of H-pyrrole nitrogens is 1. The molecular formula is C27H31ClN4O2. The Labute approximate surface area is 204 Å². The van der Waals surface area contributed by atoms with Crippen LogP contribution < -0.4 is 5.69 Å². The highest BCUT2D eigenvalue weighted by Gasteiger charge is 2.42. The minimum atomic E-state index is -0.548. The van der Waals surface area contributed by atoms with Gasteiger partial charge in [0.25, 0.3) is 0 Å². The lowest BCUT2D eigenvalue weighted by Crippen LogP contribution is -2.46. The van der Waals surface area contributed by atoms with Crippen LogP contribution in [0.4, 0.5) is 0 Å². The zero-order chi connectivity index (χ0) is 23.9. The Hall–Kier alpha value is -2.99. The van der Waals surface area contributed by atoms with Gasteiger partial charge < -0.3 is 14.8 Å². The number of halogens is 1. The molecule has 1 N–H and O–H groups in total. The third-order valence-electron chi connectivity index (χ3n) is 7.57. The second-order valence-electron chi connectivity index (χ2n) is 9.72. The molecule has 0 bridgehead atoms. The maximum absolute atomic E-state index is 13.3. The molecule has 1 unspecified atom stereocenters. The first kappa shape index (κ1) is 22.8. The Morgan fingerprint density at radius 1 is 1.09 bits per heavy atom. The molecular weight excluding hydrogens is 448 g/mol. The molecule has 1 atom stereocenters. The van der Waals surface area contributed by atoms with Crippen molar-refractivity contribution in [1.29, 1.82) is 0 Å². The van der Waals surface area contributed by atoms with E-state index in [1.807, 2.05) is 67.2 Å². The van der Waals surface area contributed by atoms with E-state index in [9.17, 15) is 9.59 Å². The summed E-state index contributed by atoms with van der Waals surface area (Å²) in [6, 6.07) is 15.8. The van der Waals surface area contributed by atoms with Gasteiger partial charge in [0.2, 0.25) is 5.91 Å². The number of fused-ring (bicyclic) bond motifs is 1. The number of nitrogens with one attached hydrogen (secondary N) is 1. The molecule has 1 aliphatic heterocycles. The van der Waals surface area contributed by atoms with Gasteiger partial charge >= 0.3 is 5.69 Å². The fourth-order valence-electron chi connectivity index (χ4n) is 5.75. The number of nitrogens with zero attached hydrogens (tertiary/aromatic N) is 3. The van der Waals surface area contributed by atoms with Crippen molar-refractivity contribution in [2.45, 2.75) is 43.6 Å². The van der Waals surface area contributed by atoms with Crippen LogP contribution in [0.15, 0.2) is 65.1 Å². The molecule has 178 valence electrons. The molecule has 1 saturated heterocycles. The molecule has 2 aliphatic rings. The summed E-state index contributed by atoms with van der Waals surface area (Å²) in [6.45, 7) is 1.83. The molecule has 0 saturated carbocycles. The molecule has 3 aromatic rings. The number of carbonyl (C=O) groups excluding carboxylic acids is 1. The number of amides is 1. The minimum absolute atomic E-state index is 0.0218. The van der Waals surface area contributed by atoms with Gasteiger partial charge in [0.15, 0.2) is 0 Å². The monoisotopic (exact) mass is 478 g/mol. The molecule has 0 radical (unpaired) electrons. The Balaban J connectivity index is 1.33. The van der Waals surface area contributed by atoms with E-state index in [2.05, 4.69) is 16.0 Å². The van der Waals surface area contributed by atoms with E-state index in [1.54, 1.807) is 4.90 Å². The molecule has 34 heavy (non-hydrogen) atoms. The number of para-hydroxylation sites is 2. The van der Waals surface area contributed by atoms with Crippen LogP contribution >= 0.6 is 11.6 Å². The topological polar surface area (TPSA) is 61.3 Å². The average molecular weight is 479 g/mol. The number of hydrogen-bond acceptors (Lipinski definition) is 3. The molecule has 1 amide bonds. The molecule has 1 aromatic heterocycles. The van der Waals surface area contributed by atoms with E-state index in [4.69, 9.17) is 11.6 Å². The number of aromatic amines is 1. The lowest BCUT2D eigenvalue weighted by molar-refractivity contribution is -0.135. The summed E-state index contributed by atoms with van der Waals surface area (Å²) in [4.78, 5) is 33.1. The lowest BCUT2D eigenvalue weighted by Gasteiger charge is -2.42. The number of hydrogen-bond donors (Lipinski definition) is 1. The zero-order valence-corrected chi connectivity index (χ0v) is 20.5. The van der Waals surface area contributed by atoms with Gasteiger partial charge in [-0.2, -0.15) is 0 Å². The molecule has 0 spiro atoms. The van der Waals surface area contributed by atoms with Crippen molar-refractivity contribution in [1.82, 2.24) is 19.4 Å². The van der Waals surface area contributed by atoms with Gasteiger partial charge in [0, 0.05) is 43.9 Å². The van der Waals surface area contributed by atoms with Gasteiger partial charge in [-0.1, -0.05) is 41.9 Å². The van der Waals surface area contributed by atoms with Gasteiger partial charge in [0.1, 0.15) is 0 Å². The first-order valence-corrected chi connectivity index (χ1v) is 12.4. The minimum Gasteiger partial charge on any atom is -0.375 e. The van der Waals surface area contributed by atoms with Crippen molar-refractivity contribution >= 4 is 28.5 Å². The summed E-state index contributed by atoms with van der Waals surface area (Å²) in [5.41, 5.74) is 3.66. The summed E-state index contributed by atoms with van der Waals surface area (Å²) in [5, 5.41) is 0.681. The SMILES string of the molecule is CN(C)C(=O)C1(c2ccc(Cl)cc2)CC=C(N2CCC(n3c(=O)[nH]c4ccccc43)CC2)CC1. The number of carbonyl (C=O) groups is 1. The highest BCUT2D eigenvalue weighted by atomic mass is 35.5. The van der Waals surface area contributed by atoms with Gasteiger partial charge in [-0.3, -0.25) is 9.36 Å². The summed E-state index contributed by atoms with van der Waals surface area (Å²) in [6.07, 6.45) is 6.44. The van der Waals surface area contributed by atoms with Crippen molar-refractivity contribution in [3.8, 4) is 0 Å². The highest BCUT2D eigenvalue weighted by Crippen LogP contribution is 2.42. The Bertz CT molecular complexity index is 1280. The molecule has 2 aromatic carbocycles. The van der Waals surface area contributed by atoms with Crippen molar-refractivity contribution < 1.29 is 4.79 Å². The van der Waals surface area contributed by atoms with E-state index in [1.165, 1.54) is 5.70 Å². The van der Waals surface area contributed by atoms with Gasteiger partial charge in [0.05, 0.1) is 16.4 Å². The van der Waals surface area contributed by atoms with Crippen LogP contribution in [0.2, 0.25) is 5.02 Å². The van der Waals surface area contributed by atoms with Crippen LogP contribution in [0.5, 0.6) is 0 Å².